The maximum absolute atomic E-state index is 12.5. The lowest BCUT2D eigenvalue weighted by atomic mass is 9.35. The van der Waals surface area contributed by atoms with E-state index in [4.69, 9.17) is 10.5 Å². The fourth-order valence-electron chi connectivity index (χ4n) is 12.0. The quantitative estimate of drug-likeness (QED) is 0.162. The Bertz CT molecular complexity index is 2220. The number of anilines is 4. The summed E-state index contributed by atoms with van der Waals surface area (Å²) in [5.41, 5.74) is 12.6. The summed E-state index contributed by atoms with van der Waals surface area (Å²) in [5, 5.41) is 21.6. The molecule has 12 nitrogen and oxygen atoms in total. The largest absolute Gasteiger partial charge is 0.507 e. The standard InChI is InChI=1S/C48H58N8O4/c1-53(41-12-13-44(58)50-47(41)59)35-7-5-8-36(27-35)55-22-16-34(17-23-55)54-24-18-37(19-25-54)60-38-9-4-6-33(26-38)48-29-31-14-20-56(21-15-32(30-48)45(31)48)42-28-40(51-52-46(42)49)39-10-2-3-11-43(39)57/h2-11,26-28,31-32,34,37,41,45,57H,12-25,29-30H2,1H3,(H2,49,52)(H,50,58,59)/t31-,32+,41-,45?,48?/m1/s1. The van der Waals surface area contributed by atoms with Crippen molar-refractivity contribution in [2.75, 3.05) is 66.7 Å². The van der Waals surface area contributed by atoms with Crippen LogP contribution in [0.2, 0.25) is 0 Å². The van der Waals surface area contributed by atoms with Crippen molar-refractivity contribution in [3.8, 4) is 22.8 Å². The zero-order valence-corrected chi connectivity index (χ0v) is 34.7. The van der Waals surface area contributed by atoms with Crippen LogP contribution in [0.15, 0.2) is 78.9 Å². The molecule has 4 N–H and O–H groups in total. The van der Waals surface area contributed by atoms with E-state index in [0.717, 1.165) is 101 Å². The van der Waals surface area contributed by atoms with Gasteiger partial charge in [0.25, 0.3) is 0 Å². The molecule has 10 rings (SSSR count). The highest BCUT2D eigenvalue weighted by atomic mass is 16.5. The average molecular weight is 811 g/mol. The van der Waals surface area contributed by atoms with Gasteiger partial charge in [-0.1, -0.05) is 30.3 Å². The summed E-state index contributed by atoms with van der Waals surface area (Å²) in [4.78, 5) is 33.8. The van der Waals surface area contributed by atoms with Gasteiger partial charge in [-0.05, 0) is 135 Å². The molecule has 2 amide bonds. The summed E-state index contributed by atoms with van der Waals surface area (Å²) in [6.45, 7) is 6.07. The lowest BCUT2D eigenvalue weighted by Crippen LogP contribution is -2.65. The number of nitrogens with two attached hydrogens (primary N) is 1. The number of aromatic hydroxyl groups is 1. The van der Waals surface area contributed by atoms with Crippen molar-refractivity contribution in [1.82, 2.24) is 20.4 Å². The van der Waals surface area contributed by atoms with Crippen LogP contribution in [0, 0.1) is 17.8 Å². The van der Waals surface area contributed by atoms with E-state index in [1.54, 1.807) is 6.07 Å². The SMILES string of the molecule is CN(c1cccc(N2CCC(N3CCC(Oc4cccc(C56C[C@H]7CCN(c8cc(-c9ccccc9O)nnc8N)CC[C@@H](C5)C76)c4)CC3)CC2)c1)[C@@H]1CCC(=O)NC1=O. The van der Waals surface area contributed by atoms with Gasteiger partial charge in [-0.3, -0.25) is 19.8 Å². The number of amides is 2. The Morgan fingerprint density at radius 2 is 1.53 bits per heavy atom. The number of nitrogen functional groups attached to an aromatic ring is 1. The van der Waals surface area contributed by atoms with Crippen molar-refractivity contribution >= 4 is 34.7 Å². The third-order valence-corrected chi connectivity index (χ3v) is 15.2. The van der Waals surface area contributed by atoms with Crippen molar-refractivity contribution in [2.45, 2.75) is 87.8 Å². The molecule has 12 heteroatoms. The number of para-hydroxylation sites is 1. The van der Waals surface area contributed by atoms with Crippen LogP contribution in [0.4, 0.5) is 22.9 Å². The highest BCUT2D eigenvalue weighted by Crippen LogP contribution is 2.70. The van der Waals surface area contributed by atoms with Crippen molar-refractivity contribution in [3.63, 3.8) is 0 Å². The zero-order chi connectivity index (χ0) is 41.0. The number of hydrogen-bond donors (Lipinski definition) is 3. The van der Waals surface area contributed by atoms with E-state index in [1.807, 2.05) is 36.2 Å². The number of nitrogens with one attached hydrogen (secondary N) is 1. The number of phenols is 1. The minimum Gasteiger partial charge on any atom is -0.507 e. The maximum atomic E-state index is 12.5. The first-order valence-electron chi connectivity index (χ1n) is 22.3. The molecule has 6 aliphatic rings. The molecule has 4 saturated heterocycles. The van der Waals surface area contributed by atoms with Crippen molar-refractivity contribution in [2.24, 2.45) is 17.8 Å². The number of carbonyl (C=O) groups excluding carboxylic acids is 2. The Morgan fingerprint density at radius 3 is 2.28 bits per heavy atom. The number of hydrogen-bond acceptors (Lipinski definition) is 11. The highest BCUT2D eigenvalue weighted by molar-refractivity contribution is 6.01. The van der Waals surface area contributed by atoms with E-state index in [9.17, 15) is 14.7 Å². The summed E-state index contributed by atoms with van der Waals surface area (Å²) >= 11 is 0. The first kappa shape index (κ1) is 38.8. The summed E-state index contributed by atoms with van der Waals surface area (Å²) in [6.07, 6.45) is 10.3. The minimum absolute atomic E-state index is 0.183. The summed E-state index contributed by atoms with van der Waals surface area (Å²) in [5.74, 6) is 3.43. The fraction of sp³-hybridized carbons (Fsp3) is 0.500. The molecule has 3 aromatic carbocycles. The molecule has 2 aliphatic carbocycles. The smallest absolute Gasteiger partial charge is 0.249 e. The van der Waals surface area contributed by atoms with Crippen LogP contribution >= 0.6 is 0 Å². The van der Waals surface area contributed by atoms with E-state index in [2.05, 4.69) is 78.7 Å². The number of ether oxygens (including phenoxy) is 1. The lowest BCUT2D eigenvalue weighted by Gasteiger charge is -2.69. The number of imide groups is 1. The molecule has 0 spiro atoms. The van der Waals surface area contributed by atoms with Crippen LogP contribution in [-0.2, 0) is 15.0 Å². The van der Waals surface area contributed by atoms with Crippen LogP contribution in [0.5, 0.6) is 11.5 Å². The van der Waals surface area contributed by atoms with Gasteiger partial charge in [0.05, 0.1) is 11.4 Å². The van der Waals surface area contributed by atoms with Crippen molar-refractivity contribution in [3.05, 3.63) is 84.4 Å². The molecule has 6 fully saturated rings. The van der Waals surface area contributed by atoms with Crippen LogP contribution < -0.4 is 30.5 Å². The van der Waals surface area contributed by atoms with Crippen LogP contribution in [-0.4, -0.2) is 96.5 Å². The fourth-order valence-corrected chi connectivity index (χ4v) is 12.0. The first-order chi connectivity index (χ1) is 29.2. The van der Waals surface area contributed by atoms with Gasteiger partial charge in [0.2, 0.25) is 11.8 Å². The minimum atomic E-state index is -0.326. The van der Waals surface area contributed by atoms with Crippen molar-refractivity contribution in [1.29, 1.82) is 0 Å². The van der Waals surface area contributed by atoms with Gasteiger partial charge in [0.15, 0.2) is 5.82 Å². The number of phenolic OH excluding ortho intramolecular Hbond substituents is 1. The molecule has 5 heterocycles. The number of piperidine rings is 3. The second-order valence-corrected chi connectivity index (χ2v) is 18.4. The number of likely N-dealkylation sites (tertiary alicyclic amines) is 1. The average Bonchev–Trinajstić information content (AvgIpc) is 3.26. The molecule has 314 valence electrons. The molecule has 60 heavy (non-hydrogen) atoms. The molecule has 4 aliphatic heterocycles. The summed E-state index contributed by atoms with van der Waals surface area (Å²) < 4.78 is 6.75. The van der Waals surface area contributed by atoms with Gasteiger partial charge >= 0.3 is 0 Å². The van der Waals surface area contributed by atoms with E-state index in [-0.39, 0.29) is 35.1 Å². The molecule has 0 radical (unpaired) electrons. The van der Waals surface area contributed by atoms with E-state index in [0.29, 0.717) is 47.8 Å². The second kappa shape index (κ2) is 15.9. The number of carbonyl (C=O) groups is 2. The van der Waals surface area contributed by atoms with E-state index < -0.39 is 0 Å². The highest BCUT2D eigenvalue weighted by Gasteiger charge is 2.65. The van der Waals surface area contributed by atoms with Crippen LogP contribution in [0.3, 0.4) is 0 Å². The van der Waals surface area contributed by atoms with Gasteiger partial charge in [0.1, 0.15) is 23.6 Å². The molecule has 1 aromatic heterocycles. The molecule has 5 atom stereocenters. The predicted molar refractivity (Wildman–Crippen MR) is 234 cm³/mol. The third kappa shape index (κ3) is 7.20. The van der Waals surface area contributed by atoms with Crippen molar-refractivity contribution < 1.29 is 19.4 Å². The number of benzene rings is 3. The van der Waals surface area contributed by atoms with E-state index >= 15 is 0 Å². The number of aromatic nitrogens is 2. The predicted octanol–water partition coefficient (Wildman–Crippen LogP) is 6.38. The number of nitrogens with zero attached hydrogens (tertiary/aromatic N) is 6. The van der Waals surface area contributed by atoms with Gasteiger partial charge in [-0.2, -0.15) is 0 Å². The molecule has 4 aromatic rings. The topological polar surface area (TPSA) is 140 Å². The monoisotopic (exact) mass is 810 g/mol. The van der Waals surface area contributed by atoms with Gasteiger partial charge in [0, 0.05) is 75.7 Å². The lowest BCUT2D eigenvalue weighted by molar-refractivity contribution is -0.134. The number of likely N-dealkylation sites (N-methyl/N-ethyl adjacent to an activating group) is 1. The summed E-state index contributed by atoms with van der Waals surface area (Å²) in [6, 6.07) is 27.1. The van der Waals surface area contributed by atoms with E-state index in [1.165, 1.54) is 24.1 Å². The Kier molecular flexibility index (Phi) is 10.3. The van der Waals surface area contributed by atoms with Gasteiger partial charge in [-0.25, -0.2) is 0 Å². The Hall–Kier alpha value is -5.36. The third-order valence-electron chi connectivity index (χ3n) is 15.2. The molecule has 2 saturated carbocycles. The van der Waals surface area contributed by atoms with Crippen LogP contribution in [0.25, 0.3) is 11.3 Å². The second-order valence-electron chi connectivity index (χ2n) is 18.4. The molecule has 0 bridgehead atoms. The van der Waals surface area contributed by atoms with Gasteiger partial charge < -0.3 is 30.3 Å². The maximum Gasteiger partial charge on any atom is 0.249 e. The zero-order valence-electron chi connectivity index (χ0n) is 34.7. The van der Waals surface area contributed by atoms with Crippen LogP contribution in [0.1, 0.15) is 69.8 Å². The molecular formula is C48H58N8O4. The Morgan fingerprint density at radius 1 is 0.800 bits per heavy atom. The Labute approximate surface area is 353 Å². The summed E-state index contributed by atoms with van der Waals surface area (Å²) in [7, 11) is 1.95. The van der Waals surface area contributed by atoms with Gasteiger partial charge in [-0.15, -0.1) is 10.2 Å². The normalized spacial score (nSPS) is 27.5. The molecular weight excluding hydrogens is 753 g/mol. The Balaban J connectivity index is 0.705. The number of rotatable bonds is 9. The molecule has 2 unspecified atom stereocenters. The first-order valence-corrected chi connectivity index (χ1v) is 22.3.